The molecule has 1 aromatic heterocycles. The quantitative estimate of drug-likeness (QED) is 0.816. The van der Waals surface area contributed by atoms with Crippen molar-refractivity contribution < 1.29 is 14.3 Å². The molecule has 0 spiro atoms. The Balaban J connectivity index is 2.01. The van der Waals surface area contributed by atoms with E-state index in [2.05, 4.69) is 20.9 Å². The van der Waals surface area contributed by atoms with Gasteiger partial charge in [0.15, 0.2) is 3.92 Å². The minimum Gasteiger partial charge on any atom is -0.497 e. The number of hydrogen-bond donors (Lipinski definition) is 0. The van der Waals surface area contributed by atoms with Crippen LogP contribution < -0.4 is 14.4 Å². The summed E-state index contributed by atoms with van der Waals surface area (Å²) >= 11 is 4.66. The topological polar surface area (TPSA) is 51.7 Å². The SMILES string of the molecule is COc1ccc2c(c1)N(C(=O)c1sc(Br)nc1C)CCO2. The maximum Gasteiger partial charge on any atom is 0.270 e. The van der Waals surface area contributed by atoms with Crippen LogP contribution in [0.5, 0.6) is 11.5 Å². The number of carbonyl (C=O) groups is 1. The molecule has 1 aliphatic heterocycles. The average Bonchev–Trinajstić information content (AvgIpc) is 2.84. The highest BCUT2D eigenvalue weighted by atomic mass is 79.9. The van der Waals surface area contributed by atoms with E-state index in [0.717, 1.165) is 11.4 Å². The zero-order valence-electron chi connectivity index (χ0n) is 11.6. The van der Waals surface area contributed by atoms with Gasteiger partial charge in [0.1, 0.15) is 23.0 Å². The standard InChI is InChI=1S/C14H13BrN2O3S/c1-8-12(21-14(15)16-8)13(18)17-5-6-20-11-4-3-9(19-2)7-10(11)17/h3-4,7H,5-6H2,1-2H3. The summed E-state index contributed by atoms with van der Waals surface area (Å²) in [5, 5.41) is 0. The van der Waals surface area contributed by atoms with Crippen molar-refractivity contribution in [3.63, 3.8) is 0 Å². The summed E-state index contributed by atoms with van der Waals surface area (Å²) in [6.07, 6.45) is 0. The molecule has 2 heterocycles. The van der Waals surface area contributed by atoms with Gasteiger partial charge in [0.2, 0.25) is 0 Å². The summed E-state index contributed by atoms with van der Waals surface area (Å²) in [7, 11) is 1.60. The minimum absolute atomic E-state index is 0.0616. The highest BCUT2D eigenvalue weighted by Crippen LogP contribution is 2.36. The van der Waals surface area contributed by atoms with E-state index in [9.17, 15) is 4.79 Å². The van der Waals surface area contributed by atoms with Crippen molar-refractivity contribution in [3.8, 4) is 11.5 Å². The molecule has 5 nitrogen and oxygen atoms in total. The fourth-order valence-corrected chi connectivity index (χ4v) is 3.71. The van der Waals surface area contributed by atoms with E-state index in [1.807, 2.05) is 25.1 Å². The third-order valence-corrected chi connectivity index (χ3v) is 4.84. The maximum absolute atomic E-state index is 12.8. The molecule has 1 amide bonds. The molecule has 110 valence electrons. The largest absolute Gasteiger partial charge is 0.497 e. The lowest BCUT2D eigenvalue weighted by atomic mass is 10.2. The number of halogens is 1. The molecule has 0 unspecified atom stereocenters. The second-order valence-electron chi connectivity index (χ2n) is 4.52. The molecule has 1 aromatic carbocycles. The van der Waals surface area contributed by atoms with Crippen molar-refractivity contribution in [2.75, 3.05) is 25.2 Å². The molecule has 0 fully saturated rings. The normalized spacial score (nSPS) is 13.6. The minimum atomic E-state index is -0.0616. The monoisotopic (exact) mass is 368 g/mol. The van der Waals surface area contributed by atoms with Crippen molar-refractivity contribution >= 4 is 38.9 Å². The Morgan fingerprint density at radius 3 is 3.00 bits per heavy atom. The zero-order valence-corrected chi connectivity index (χ0v) is 14.0. The van der Waals surface area contributed by atoms with Crippen molar-refractivity contribution in [2.45, 2.75) is 6.92 Å². The van der Waals surface area contributed by atoms with Crippen molar-refractivity contribution in [1.82, 2.24) is 4.98 Å². The van der Waals surface area contributed by atoms with E-state index in [1.54, 1.807) is 12.0 Å². The number of aryl methyl sites for hydroxylation is 1. The molecular formula is C14H13BrN2O3S. The fraction of sp³-hybridized carbons (Fsp3) is 0.286. The molecule has 3 rings (SSSR count). The summed E-state index contributed by atoms with van der Waals surface area (Å²) in [4.78, 5) is 19.4. The predicted molar refractivity (Wildman–Crippen MR) is 84.7 cm³/mol. The Hall–Kier alpha value is -1.60. The summed E-state index contributed by atoms with van der Waals surface area (Å²) in [5.41, 5.74) is 1.46. The van der Waals surface area contributed by atoms with E-state index >= 15 is 0 Å². The number of hydrogen-bond acceptors (Lipinski definition) is 5. The first-order valence-corrected chi connectivity index (χ1v) is 7.96. The molecule has 0 saturated carbocycles. The molecule has 0 bridgehead atoms. The molecule has 21 heavy (non-hydrogen) atoms. The zero-order chi connectivity index (χ0) is 15.0. The van der Waals surface area contributed by atoms with E-state index in [4.69, 9.17) is 9.47 Å². The Kier molecular flexibility index (Phi) is 3.86. The smallest absolute Gasteiger partial charge is 0.270 e. The Labute approximate surface area is 134 Å². The van der Waals surface area contributed by atoms with Crippen LogP contribution >= 0.6 is 27.3 Å². The van der Waals surface area contributed by atoms with Gasteiger partial charge in [0.05, 0.1) is 25.0 Å². The first-order chi connectivity index (χ1) is 10.1. The van der Waals surface area contributed by atoms with Crippen molar-refractivity contribution in [3.05, 3.63) is 32.7 Å². The van der Waals surface area contributed by atoms with Crippen LogP contribution in [0.25, 0.3) is 0 Å². The number of aromatic nitrogens is 1. The van der Waals surface area contributed by atoms with Gasteiger partial charge in [-0.1, -0.05) is 0 Å². The van der Waals surface area contributed by atoms with Gasteiger partial charge in [-0.25, -0.2) is 4.98 Å². The highest BCUT2D eigenvalue weighted by Gasteiger charge is 2.27. The van der Waals surface area contributed by atoms with Crippen LogP contribution in [-0.4, -0.2) is 31.2 Å². The first kappa shape index (κ1) is 14.3. The van der Waals surface area contributed by atoms with Gasteiger partial charge in [-0.05, 0) is 35.0 Å². The number of nitrogens with zero attached hydrogens (tertiary/aromatic N) is 2. The molecular weight excluding hydrogens is 356 g/mol. The molecule has 0 atom stereocenters. The third-order valence-electron chi connectivity index (χ3n) is 3.24. The molecule has 0 N–H and O–H groups in total. The fourth-order valence-electron chi connectivity index (χ4n) is 2.22. The summed E-state index contributed by atoms with van der Waals surface area (Å²) in [5.74, 6) is 1.32. The van der Waals surface area contributed by atoms with E-state index in [1.165, 1.54) is 11.3 Å². The van der Waals surface area contributed by atoms with Crippen LogP contribution in [0, 0.1) is 6.92 Å². The second-order valence-corrected chi connectivity index (χ2v) is 6.80. The van der Waals surface area contributed by atoms with E-state index < -0.39 is 0 Å². The number of fused-ring (bicyclic) bond motifs is 1. The van der Waals surface area contributed by atoms with Crippen molar-refractivity contribution in [1.29, 1.82) is 0 Å². The van der Waals surface area contributed by atoms with Crippen LogP contribution in [0.2, 0.25) is 0 Å². The third kappa shape index (κ3) is 2.63. The number of rotatable bonds is 2. The number of thiazole rings is 1. The van der Waals surface area contributed by atoms with Crippen LogP contribution in [0.4, 0.5) is 5.69 Å². The molecule has 7 heteroatoms. The predicted octanol–water partition coefficient (Wildman–Crippen LogP) is 3.26. The second kappa shape index (κ2) is 5.65. The summed E-state index contributed by atoms with van der Waals surface area (Å²) in [6, 6.07) is 5.46. The average molecular weight is 369 g/mol. The van der Waals surface area contributed by atoms with Crippen LogP contribution in [0.3, 0.4) is 0 Å². The van der Waals surface area contributed by atoms with Gasteiger partial charge < -0.3 is 14.4 Å². The van der Waals surface area contributed by atoms with Gasteiger partial charge in [0, 0.05) is 6.07 Å². The van der Waals surface area contributed by atoms with Gasteiger partial charge in [-0.2, -0.15) is 0 Å². The number of carbonyl (C=O) groups excluding carboxylic acids is 1. The number of ether oxygens (including phenoxy) is 2. The summed E-state index contributed by atoms with van der Waals surface area (Å²) in [6.45, 7) is 2.82. The molecule has 0 radical (unpaired) electrons. The van der Waals surface area contributed by atoms with Gasteiger partial charge in [0.25, 0.3) is 5.91 Å². The lowest BCUT2D eigenvalue weighted by Crippen LogP contribution is -2.37. The van der Waals surface area contributed by atoms with Gasteiger partial charge in [-0.3, -0.25) is 4.79 Å². The van der Waals surface area contributed by atoms with Gasteiger partial charge >= 0.3 is 0 Å². The molecule has 0 aliphatic carbocycles. The molecule has 0 saturated heterocycles. The molecule has 2 aromatic rings. The lowest BCUT2D eigenvalue weighted by Gasteiger charge is -2.29. The molecule has 1 aliphatic rings. The number of methoxy groups -OCH3 is 1. The summed E-state index contributed by atoms with van der Waals surface area (Å²) < 4.78 is 11.5. The Bertz CT molecular complexity index is 702. The number of amides is 1. The lowest BCUT2D eigenvalue weighted by molar-refractivity contribution is 0.0979. The number of benzene rings is 1. The van der Waals surface area contributed by atoms with Crippen LogP contribution in [0.1, 0.15) is 15.4 Å². The van der Waals surface area contributed by atoms with E-state index in [-0.39, 0.29) is 5.91 Å². The number of anilines is 1. The highest BCUT2D eigenvalue weighted by molar-refractivity contribution is 9.11. The van der Waals surface area contributed by atoms with Crippen LogP contribution in [-0.2, 0) is 0 Å². The Morgan fingerprint density at radius 1 is 1.52 bits per heavy atom. The Morgan fingerprint density at radius 2 is 2.33 bits per heavy atom. The van der Waals surface area contributed by atoms with Gasteiger partial charge in [-0.15, -0.1) is 11.3 Å². The maximum atomic E-state index is 12.8. The van der Waals surface area contributed by atoms with Crippen LogP contribution in [0.15, 0.2) is 22.1 Å². The van der Waals surface area contributed by atoms with E-state index in [0.29, 0.717) is 33.4 Å². The first-order valence-electron chi connectivity index (χ1n) is 6.36. The van der Waals surface area contributed by atoms with Crippen molar-refractivity contribution in [2.24, 2.45) is 0 Å².